The topological polar surface area (TPSA) is 95.5 Å². The normalized spacial score (nSPS) is 11.4. The smallest absolute Gasteiger partial charge is 0.326 e. The molecule has 130 valence electrons. The van der Waals surface area contributed by atoms with Gasteiger partial charge in [0.05, 0.1) is 0 Å². The van der Waals surface area contributed by atoms with Gasteiger partial charge in [0.15, 0.2) is 0 Å². The third kappa shape index (κ3) is 5.46. The molecular weight excluding hydrogens is 320 g/mol. The van der Waals surface area contributed by atoms with E-state index in [-0.39, 0.29) is 17.9 Å². The molecule has 0 heterocycles. The molecule has 0 aliphatic carbocycles. The first-order valence-corrected chi connectivity index (χ1v) is 7.82. The van der Waals surface area contributed by atoms with Crippen molar-refractivity contribution < 1.29 is 19.5 Å². The summed E-state index contributed by atoms with van der Waals surface area (Å²) < 4.78 is 0. The number of carboxylic acids is 1. The molecule has 0 radical (unpaired) electrons. The number of rotatable bonds is 6. The largest absolute Gasteiger partial charge is 0.480 e. The van der Waals surface area contributed by atoms with Crippen molar-refractivity contribution in [2.45, 2.75) is 26.3 Å². The summed E-state index contributed by atoms with van der Waals surface area (Å²) in [4.78, 5) is 35.0. The van der Waals surface area contributed by atoms with Gasteiger partial charge in [-0.2, -0.15) is 0 Å². The van der Waals surface area contributed by atoms with E-state index in [1.165, 1.54) is 13.0 Å². The Balaban J connectivity index is 2.12. The van der Waals surface area contributed by atoms with Crippen molar-refractivity contribution in [2.24, 2.45) is 0 Å². The number of aryl methyl sites for hydroxylation is 1. The molecule has 0 spiro atoms. The molecular formula is C19H20N2O4. The second-order valence-corrected chi connectivity index (χ2v) is 5.82. The average molecular weight is 340 g/mol. The summed E-state index contributed by atoms with van der Waals surface area (Å²) in [6.45, 7) is 3.29. The summed E-state index contributed by atoms with van der Waals surface area (Å²) in [6.07, 6.45) is 0.189. The number of carboxylic acid groups (broad SMARTS) is 1. The molecule has 3 N–H and O–H groups in total. The van der Waals surface area contributed by atoms with E-state index in [1.54, 1.807) is 18.2 Å². The Hall–Kier alpha value is -3.15. The number of anilines is 1. The van der Waals surface area contributed by atoms with Crippen molar-refractivity contribution >= 4 is 23.5 Å². The number of benzene rings is 2. The van der Waals surface area contributed by atoms with Gasteiger partial charge in [0.1, 0.15) is 6.04 Å². The third-order valence-electron chi connectivity index (χ3n) is 3.57. The highest BCUT2D eigenvalue weighted by molar-refractivity contribution is 5.98. The first-order valence-electron chi connectivity index (χ1n) is 7.82. The maximum Gasteiger partial charge on any atom is 0.326 e. The zero-order chi connectivity index (χ0) is 18.4. The minimum Gasteiger partial charge on any atom is -0.480 e. The molecule has 2 aromatic carbocycles. The SMILES string of the molecule is CC(=O)Nc1cccc(C(=O)N[C@H](Cc2cccc(C)c2)C(=O)O)c1. The van der Waals surface area contributed by atoms with E-state index >= 15 is 0 Å². The number of nitrogens with one attached hydrogen (secondary N) is 2. The minimum atomic E-state index is -1.10. The molecule has 2 amide bonds. The van der Waals surface area contributed by atoms with Crippen molar-refractivity contribution in [3.63, 3.8) is 0 Å². The van der Waals surface area contributed by atoms with Crippen LogP contribution in [-0.2, 0) is 16.0 Å². The molecule has 0 aliphatic heterocycles. The van der Waals surface area contributed by atoms with Gasteiger partial charge in [-0.3, -0.25) is 9.59 Å². The molecule has 1 atom stereocenters. The second kappa shape index (κ2) is 8.10. The van der Waals surface area contributed by atoms with Crippen LogP contribution in [0.1, 0.15) is 28.4 Å². The molecule has 0 unspecified atom stereocenters. The second-order valence-electron chi connectivity index (χ2n) is 5.82. The van der Waals surface area contributed by atoms with Crippen LogP contribution in [0.2, 0.25) is 0 Å². The van der Waals surface area contributed by atoms with Crippen LogP contribution in [0.15, 0.2) is 48.5 Å². The zero-order valence-corrected chi connectivity index (χ0v) is 14.1. The van der Waals surface area contributed by atoms with E-state index in [0.29, 0.717) is 5.69 Å². The summed E-state index contributed by atoms with van der Waals surface area (Å²) in [5, 5.41) is 14.5. The van der Waals surface area contributed by atoms with Gasteiger partial charge in [0.2, 0.25) is 5.91 Å². The van der Waals surface area contributed by atoms with Gasteiger partial charge >= 0.3 is 5.97 Å². The monoisotopic (exact) mass is 340 g/mol. The zero-order valence-electron chi connectivity index (χ0n) is 14.1. The van der Waals surface area contributed by atoms with E-state index in [4.69, 9.17) is 0 Å². The predicted octanol–water partition coefficient (Wildman–Crippen LogP) is 2.38. The Labute approximate surface area is 145 Å². The summed E-state index contributed by atoms with van der Waals surface area (Å²) in [5.74, 6) is -1.86. The van der Waals surface area contributed by atoms with Gasteiger partial charge in [0.25, 0.3) is 5.91 Å². The van der Waals surface area contributed by atoms with Gasteiger partial charge in [-0.05, 0) is 30.7 Å². The summed E-state index contributed by atoms with van der Waals surface area (Å²) >= 11 is 0. The number of aliphatic carboxylic acids is 1. The quantitative estimate of drug-likeness (QED) is 0.752. The molecule has 6 heteroatoms. The molecule has 0 bridgehead atoms. The van der Waals surface area contributed by atoms with Crippen molar-refractivity contribution in [3.05, 3.63) is 65.2 Å². The average Bonchev–Trinajstić information content (AvgIpc) is 2.53. The van der Waals surface area contributed by atoms with Crippen LogP contribution in [-0.4, -0.2) is 28.9 Å². The lowest BCUT2D eigenvalue weighted by Gasteiger charge is -2.15. The van der Waals surface area contributed by atoms with Gasteiger partial charge < -0.3 is 15.7 Å². The molecule has 0 fully saturated rings. The van der Waals surface area contributed by atoms with Crippen LogP contribution < -0.4 is 10.6 Å². The lowest BCUT2D eigenvalue weighted by molar-refractivity contribution is -0.139. The molecule has 2 rings (SSSR count). The van der Waals surface area contributed by atoms with E-state index < -0.39 is 17.9 Å². The molecule has 25 heavy (non-hydrogen) atoms. The highest BCUT2D eigenvalue weighted by atomic mass is 16.4. The Morgan fingerprint density at radius 1 is 1.08 bits per heavy atom. The van der Waals surface area contributed by atoms with Gasteiger partial charge in [-0.1, -0.05) is 35.9 Å². The number of carbonyl (C=O) groups is 3. The molecule has 0 aliphatic rings. The fourth-order valence-corrected chi connectivity index (χ4v) is 2.46. The Morgan fingerprint density at radius 2 is 1.80 bits per heavy atom. The molecule has 0 aromatic heterocycles. The van der Waals surface area contributed by atoms with Crippen molar-refractivity contribution in [1.82, 2.24) is 5.32 Å². The van der Waals surface area contributed by atoms with Crippen LogP contribution in [0.5, 0.6) is 0 Å². The van der Waals surface area contributed by atoms with Crippen LogP contribution in [0.4, 0.5) is 5.69 Å². The molecule has 6 nitrogen and oxygen atoms in total. The summed E-state index contributed by atoms with van der Waals surface area (Å²) in [6, 6.07) is 12.8. The number of carbonyl (C=O) groups excluding carboxylic acids is 2. The summed E-state index contributed by atoms with van der Waals surface area (Å²) in [5.41, 5.74) is 2.61. The minimum absolute atomic E-state index is 0.189. The highest BCUT2D eigenvalue weighted by Crippen LogP contribution is 2.12. The first-order chi connectivity index (χ1) is 11.8. The standard InChI is InChI=1S/C19H20N2O4/c1-12-5-3-6-14(9-12)10-17(19(24)25)21-18(23)15-7-4-8-16(11-15)20-13(2)22/h3-9,11,17H,10H2,1-2H3,(H,20,22)(H,21,23)(H,24,25)/t17-/m1/s1. The van der Waals surface area contributed by atoms with Crippen molar-refractivity contribution in [3.8, 4) is 0 Å². The van der Waals surface area contributed by atoms with Crippen molar-refractivity contribution in [2.75, 3.05) is 5.32 Å². The third-order valence-corrected chi connectivity index (χ3v) is 3.57. The van der Waals surface area contributed by atoms with Gasteiger partial charge in [-0.25, -0.2) is 4.79 Å². The summed E-state index contributed by atoms with van der Waals surface area (Å²) in [7, 11) is 0. The molecule has 2 aromatic rings. The van der Waals surface area contributed by atoms with Crippen LogP contribution in [0.3, 0.4) is 0 Å². The maximum absolute atomic E-state index is 12.4. The first kappa shape index (κ1) is 18.2. The highest BCUT2D eigenvalue weighted by Gasteiger charge is 2.21. The molecule has 0 saturated heterocycles. The lowest BCUT2D eigenvalue weighted by atomic mass is 10.0. The fourth-order valence-electron chi connectivity index (χ4n) is 2.46. The number of amides is 2. The number of hydrogen-bond acceptors (Lipinski definition) is 3. The fraction of sp³-hybridized carbons (Fsp3) is 0.211. The Bertz CT molecular complexity index is 802. The molecule has 0 saturated carbocycles. The Kier molecular flexibility index (Phi) is 5.89. The Morgan fingerprint density at radius 3 is 2.44 bits per heavy atom. The van der Waals surface area contributed by atoms with E-state index in [0.717, 1.165) is 11.1 Å². The maximum atomic E-state index is 12.4. The van der Waals surface area contributed by atoms with Gasteiger partial charge in [-0.15, -0.1) is 0 Å². The van der Waals surface area contributed by atoms with Gasteiger partial charge in [0, 0.05) is 24.6 Å². The van der Waals surface area contributed by atoms with E-state index in [2.05, 4.69) is 10.6 Å². The van der Waals surface area contributed by atoms with E-state index in [1.807, 2.05) is 31.2 Å². The predicted molar refractivity (Wildman–Crippen MR) is 94.5 cm³/mol. The van der Waals surface area contributed by atoms with Crippen LogP contribution in [0, 0.1) is 6.92 Å². The number of hydrogen-bond donors (Lipinski definition) is 3. The van der Waals surface area contributed by atoms with Crippen LogP contribution in [0.25, 0.3) is 0 Å². The van der Waals surface area contributed by atoms with E-state index in [9.17, 15) is 19.5 Å². The van der Waals surface area contributed by atoms with Crippen molar-refractivity contribution in [1.29, 1.82) is 0 Å². The lowest BCUT2D eigenvalue weighted by Crippen LogP contribution is -2.42. The van der Waals surface area contributed by atoms with Crippen LogP contribution >= 0.6 is 0 Å².